The molecule has 0 spiro atoms. The van der Waals surface area contributed by atoms with Crippen LogP contribution in [0, 0.1) is 5.92 Å². The Balaban J connectivity index is 2.90. The first-order chi connectivity index (χ1) is 16.1. The molecule has 0 aliphatic carbocycles. The minimum Gasteiger partial charge on any atom is -0.480 e. The SMILES string of the molecule is CCC(C)C(N)C(=O)NC(Cc1cnc[nH]1)C(=O)NC(CO)C(=O)NC(CCCCN)C(=O)O. The molecule has 5 atom stereocenters. The van der Waals surface area contributed by atoms with Crippen LogP contribution in [0.5, 0.6) is 0 Å². The predicted octanol–water partition coefficient (Wildman–Crippen LogP) is -2.01. The molecule has 10 N–H and O–H groups in total. The molecule has 34 heavy (non-hydrogen) atoms. The van der Waals surface area contributed by atoms with Crippen molar-refractivity contribution in [3.8, 4) is 0 Å². The number of amides is 3. The number of hydrogen-bond acceptors (Lipinski definition) is 8. The normalized spacial score (nSPS) is 15.4. The number of aliphatic carboxylic acids is 1. The van der Waals surface area contributed by atoms with Crippen molar-refractivity contribution in [1.29, 1.82) is 0 Å². The van der Waals surface area contributed by atoms with Gasteiger partial charge in [0.1, 0.15) is 18.1 Å². The zero-order chi connectivity index (χ0) is 25.7. The van der Waals surface area contributed by atoms with Crippen molar-refractivity contribution in [3.05, 3.63) is 18.2 Å². The van der Waals surface area contributed by atoms with Gasteiger partial charge in [-0.15, -0.1) is 0 Å². The van der Waals surface area contributed by atoms with E-state index in [1.165, 1.54) is 12.5 Å². The molecule has 192 valence electrons. The van der Waals surface area contributed by atoms with E-state index in [1.807, 2.05) is 13.8 Å². The second-order valence-corrected chi connectivity index (χ2v) is 8.18. The number of carboxylic acid groups (broad SMARTS) is 1. The summed E-state index contributed by atoms with van der Waals surface area (Å²) in [6.07, 6.45) is 4.81. The number of nitrogens with two attached hydrogens (primary N) is 2. The average molecular weight is 484 g/mol. The van der Waals surface area contributed by atoms with Crippen LogP contribution in [0.1, 0.15) is 45.2 Å². The van der Waals surface area contributed by atoms with Gasteiger partial charge in [0.15, 0.2) is 0 Å². The van der Waals surface area contributed by atoms with Crippen LogP contribution in [0.3, 0.4) is 0 Å². The number of aromatic amines is 1. The van der Waals surface area contributed by atoms with Crippen LogP contribution in [0.25, 0.3) is 0 Å². The molecule has 13 heteroatoms. The van der Waals surface area contributed by atoms with Gasteiger partial charge in [0.25, 0.3) is 0 Å². The van der Waals surface area contributed by atoms with Crippen molar-refractivity contribution in [3.63, 3.8) is 0 Å². The van der Waals surface area contributed by atoms with Gasteiger partial charge >= 0.3 is 5.97 Å². The number of carbonyl (C=O) groups excluding carboxylic acids is 3. The van der Waals surface area contributed by atoms with E-state index in [4.69, 9.17) is 11.5 Å². The van der Waals surface area contributed by atoms with Crippen molar-refractivity contribution in [2.45, 2.75) is 70.1 Å². The van der Waals surface area contributed by atoms with E-state index in [0.717, 1.165) is 0 Å². The van der Waals surface area contributed by atoms with Crippen LogP contribution in [0.4, 0.5) is 0 Å². The molecule has 0 fully saturated rings. The van der Waals surface area contributed by atoms with Crippen LogP contribution in [-0.4, -0.2) is 81.2 Å². The van der Waals surface area contributed by atoms with Crippen molar-refractivity contribution < 1.29 is 29.4 Å². The minimum absolute atomic E-state index is 0.0292. The molecular formula is C21H37N7O6. The van der Waals surface area contributed by atoms with Gasteiger partial charge in [0, 0.05) is 18.3 Å². The highest BCUT2D eigenvalue weighted by atomic mass is 16.4. The van der Waals surface area contributed by atoms with Crippen LogP contribution in [0.15, 0.2) is 12.5 Å². The monoisotopic (exact) mass is 483 g/mol. The van der Waals surface area contributed by atoms with E-state index < -0.39 is 54.5 Å². The molecule has 1 heterocycles. The van der Waals surface area contributed by atoms with Gasteiger partial charge in [0.2, 0.25) is 17.7 Å². The zero-order valence-electron chi connectivity index (χ0n) is 19.6. The highest BCUT2D eigenvalue weighted by Crippen LogP contribution is 2.07. The van der Waals surface area contributed by atoms with Gasteiger partial charge < -0.3 is 42.6 Å². The van der Waals surface area contributed by atoms with Gasteiger partial charge in [-0.05, 0) is 31.7 Å². The second kappa shape index (κ2) is 15.0. The third kappa shape index (κ3) is 9.45. The lowest BCUT2D eigenvalue weighted by atomic mass is 9.98. The molecule has 13 nitrogen and oxygen atoms in total. The van der Waals surface area contributed by atoms with Crippen LogP contribution < -0.4 is 27.4 Å². The first kappa shape index (κ1) is 29.0. The number of aliphatic hydroxyl groups excluding tert-OH is 1. The van der Waals surface area contributed by atoms with Gasteiger partial charge in [-0.25, -0.2) is 9.78 Å². The summed E-state index contributed by atoms with van der Waals surface area (Å²) in [6.45, 7) is 3.31. The summed E-state index contributed by atoms with van der Waals surface area (Å²) in [6, 6.07) is -4.58. The lowest BCUT2D eigenvalue weighted by Crippen LogP contribution is -2.59. The summed E-state index contributed by atoms with van der Waals surface area (Å²) in [5, 5.41) is 26.3. The third-order valence-electron chi connectivity index (χ3n) is 5.55. The van der Waals surface area contributed by atoms with E-state index in [1.54, 1.807) is 0 Å². The molecule has 1 rings (SSSR count). The van der Waals surface area contributed by atoms with Gasteiger partial charge in [-0.3, -0.25) is 14.4 Å². The molecule has 1 aromatic rings. The molecule has 0 bridgehead atoms. The van der Waals surface area contributed by atoms with Gasteiger partial charge in [0.05, 0.1) is 19.0 Å². The molecule has 0 aliphatic heterocycles. The third-order valence-corrected chi connectivity index (χ3v) is 5.55. The largest absolute Gasteiger partial charge is 0.480 e. The Morgan fingerprint density at radius 1 is 1.06 bits per heavy atom. The van der Waals surface area contributed by atoms with E-state index in [9.17, 15) is 29.4 Å². The van der Waals surface area contributed by atoms with E-state index in [0.29, 0.717) is 31.5 Å². The quantitative estimate of drug-likeness (QED) is 0.121. The number of unbranched alkanes of at least 4 members (excludes halogenated alkanes) is 1. The maximum atomic E-state index is 12.9. The maximum Gasteiger partial charge on any atom is 0.326 e. The number of nitrogens with zero attached hydrogens (tertiary/aromatic N) is 1. The number of rotatable bonds is 16. The number of aromatic nitrogens is 2. The summed E-state index contributed by atoms with van der Waals surface area (Å²) in [5.41, 5.74) is 11.9. The predicted molar refractivity (Wildman–Crippen MR) is 123 cm³/mol. The number of carbonyl (C=O) groups is 4. The fourth-order valence-corrected chi connectivity index (χ4v) is 3.09. The first-order valence-electron chi connectivity index (χ1n) is 11.3. The molecule has 0 radical (unpaired) electrons. The average Bonchev–Trinajstić information content (AvgIpc) is 3.33. The fraction of sp³-hybridized carbons (Fsp3) is 0.667. The summed E-state index contributed by atoms with van der Waals surface area (Å²) in [5.74, 6) is -3.51. The van der Waals surface area contributed by atoms with Crippen molar-refractivity contribution in [2.75, 3.05) is 13.2 Å². The topological polar surface area (TPSA) is 226 Å². The second-order valence-electron chi connectivity index (χ2n) is 8.18. The molecule has 0 aliphatic rings. The molecule has 5 unspecified atom stereocenters. The minimum atomic E-state index is -1.42. The highest BCUT2D eigenvalue weighted by molar-refractivity contribution is 5.94. The molecule has 3 amide bonds. The van der Waals surface area contributed by atoms with Crippen molar-refractivity contribution in [1.82, 2.24) is 25.9 Å². The lowest BCUT2D eigenvalue weighted by Gasteiger charge is -2.25. The number of imidazole rings is 1. The summed E-state index contributed by atoms with van der Waals surface area (Å²) >= 11 is 0. The van der Waals surface area contributed by atoms with E-state index in [-0.39, 0.29) is 18.8 Å². The summed E-state index contributed by atoms with van der Waals surface area (Å²) in [7, 11) is 0. The number of hydrogen-bond donors (Lipinski definition) is 8. The molecule has 0 saturated carbocycles. The molecule has 0 saturated heterocycles. The smallest absolute Gasteiger partial charge is 0.326 e. The maximum absolute atomic E-state index is 12.9. The Bertz CT molecular complexity index is 789. The van der Waals surface area contributed by atoms with Gasteiger partial charge in [-0.1, -0.05) is 20.3 Å². The van der Waals surface area contributed by atoms with Gasteiger partial charge in [-0.2, -0.15) is 0 Å². The molecule has 0 aromatic carbocycles. The number of aliphatic hydroxyl groups is 1. The summed E-state index contributed by atoms with van der Waals surface area (Å²) < 4.78 is 0. The standard InChI is InChI=1S/C21H37N7O6/c1-3-12(2)17(23)20(32)27-15(8-13-9-24-11-25-13)18(30)28-16(10-29)19(31)26-14(21(33)34)6-4-5-7-22/h9,11-12,14-17,29H,3-8,10,22-23H2,1-2H3,(H,24,25)(H,26,31)(H,27,32)(H,28,30)(H,33,34). The number of H-pyrrole nitrogens is 1. The van der Waals surface area contributed by atoms with Crippen LogP contribution in [-0.2, 0) is 25.6 Å². The Morgan fingerprint density at radius 2 is 1.68 bits per heavy atom. The number of nitrogens with one attached hydrogen (secondary N) is 4. The molecular weight excluding hydrogens is 446 g/mol. The summed E-state index contributed by atoms with van der Waals surface area (Å²) in [4.78, 5) is 56.3. The number of carboxylic acids is 1. The van der Waals surface area contributed by atoms with Crippen molar-refractivity contribution >= 4 is 23.7 Å². The Kier molecular flexibility index (Phi) is 12.8. The Labute approximate surface area is 198 Å². The Morgan fingerprint density at radius 3 is 2.21 bits per heavy atom. The van der Waals surface area contributed by atoms with E-state index >= 15 is 0 Å². The highest BCUT2D eigenvalue weighted by Gasteiger charge is 2.31. The van der Waals surface area contributed by atoms with Crippen molar-refractivity contribution in [2.24, 2.45) is 17.4 Å². The van der Waals surface area contributed by atoms with Crippen LogP contribution in [0.2, 0.25) is 0 Å². The van der Waals surface area contributed by atoms with Crippen LogP contribution >= 0.6 is 0 Å². The lowest BCUT2D eigenvalue weighted by molar-refractivity contribution is -0.142. The van der Waals surface area contributed by atoms with E-state index in [2.05, 4.69) is 25.9 Å². The zero-order valence-corrected chi connectivity index (χ0v) is 19.6. The molecule has 1 aromatic heterocycles. The Hall–Kier alpha value is -3.03. The fourth-order valence-electron chi connectivity index (χ4n) is 3.09. The first-order valence-corrected chi connectivity index (χ1v) is 11.3.